The van der Waals surface area contributed by atoms with E-state index < -0.39 is 4.92 Å². The summed E-state index contributed by atoms with van der Waals surface area (Å²) in [6, 6.07) is 14.3. The fourth-order valence-corrected chi connectivity index (χ4v) is 2.77. The van der Waals surface area contributed by atoms with Crippen molar-refractivity contribution >= 4 is 17.0 Å². The Labute approximate surface area is 151 Å². The highest BCUT2D eigenvalue weighted by molar-refractivity contribution is 6.03. The molecule has 0 spiro atoms. The molecule has 0 N–H and O–H groups in total. The second-order valence-electron chi connectivity index (χ2n) is 5.64. The van der Waals surface area contributed by atoms with E-state index in [0.717, 1.165) is 33.8 Å². The van der Waals surface area contributed by atoms with E-state index in [1.807, 2.05) is 48.6 Å². The number of allylic oxidation sites excluding steroid dienone is 5. The van der Waals surface area contributed by atoms with Crippen LogP contribution in [0, 0.1) is 10.1 Å². The molecule has 26 heavy (non-hydrogen) atoms. The van der Waals surface area contributed by atoms with E-state index in [-0.39, 0.29) is 5.69 Å². The molecule has 3 rings (SSSR count). The molecule has 5 heteroatoms. The van der Waals surface area contributed by atoms with Crippen LogP contribution in [-0.2, 0) is 4.42 Å². The highest BCUT2D eigenvalue weighted by atomic mass is 16.6. The van der Waals surface area contributed by atoms with Gasteiger partial charge in [0.2, 0.25) is 0 Å². The number of ketones is 1. The maximum atomic E-state index is 10.9. The van der Waals surface area contributed by atoms with Crippen molar-refractivity contribution in [2.75, 3.05) is 14.2 Å². The van der Waals surface area contributed by atoms with Crippen LogP contribution in [0.25, 0.3) is 5.57 Å². The molecule has 0 amide bonds. The van der Waals surface area contributed by atoms with Crippen LogP contribution in [0.3, 0.4) is 0 Å². The Hall–Kier alpha value is -3.47. The lowest BCUT2D eigenvalue weighted by atomic mass is 9.91. The second-order valence-corrected chi connectivity index (χ2v) is 5.64. The molecule has 0 atom stereocenters. The van der Waals surface area contributed by atoms with E-state index in [1.165, 1.54) is 12.1 Å². The number of rotatable bonds is 4. The number of hydrogen-bond acceptors (Lipinski definition) is 3. The number of non-ortho nitro benzene ring substituents is 1. The molecule has 0 radical (unpaired) electrons. The summed E-state index contributed by atoms with van der Waals surface area (Å²) >= 11 is 0. The van der Waals surface area contributed by atoms with Gasteiger partial charge >= 0.3 is 5.78 Å². The fraction of sp³-hybridized carbons (Fsp3) is 0.0952. The molecule has 2 aromatic carbocycles. The number of nitro groups is 1. The number of carbonyl (C=O) groups excluding carboxylic acids is 1. The molecule has 0 saturated heterocycles. The zero-order valence-electron chi connectivity index (χ0n) is 14.5. The van der Waals surface area contributed by atoms with Crippen LogP contribution in [0.4, 0.5) is 5.69 Å². The maximum Gasteiger partial charge on any atom is 0.343 e. The topological polar surface area (TPSA) is 63.7 Å². The van der Waals surface area contributed by atoms with Gasteiger partial charge in [-0.3, -0.25) is 14.5 Å². The van der Waals surface area contributed by atoms with Gasteiger partial charge < -0.3 is 4.74 Å². The number of nitro benzene ring substituents is 1. The van der Waals surface area contributed by atoms with Gasteiger partial charge in [0.15, 0.2) is 0 Å². The van der Waals surface area contributed by atoms with Gasteiger partial charge in [-0.05, 0) is 58.7 Å². The smallest absolute Gasteiger partial charge is 0.343 e. The SMILES string of the molecule is COc1ccc(C(=C2C=CC(=[O+]C)C=C2)c2ccc([N+](=O)[O-])cc2)cc1. The summed E-state index contributed by atoms with van der Waals surface area (Å²) in [4.78, 5) is 10.5. The Morgan fingerprint density at radius 2 is 1.46 bits per heavy atom. The molecular weight excluding hydrogens is 330 g/mol. The largest absolute Gasteiger partial charge is 0.497 e. The minimum absolute atomic E-state index is 0.0672. The summed E-state index contributed by atoms with van der Waals surface area (Å²) in [6.07, 6.45) is 7.73. The molecule has 0 aromatic heterocycles. The standard InChI is InChI=1S/C21H18NO4/c1-25-19-11-5-16(6-12-19)21(17-7-13-20(26-2)14-8-17)15-3-9-18(10-4-15)22(23)24/h3-14H,1-2H3/q+1. The van der Waals surface area contributed by atoms with Gasteiger partial charge in [-0.15, -0.1) is 0 Å². The third-order valence-electron chi connectivity index (χ3n) is 4.12. The lowest BCUT2D eigenvalue weighted by Crippen LogP contribution is -1.99. The summed E-state index contributed by atoms with van der Waals surface area (Å²) in [7, 11) is 3.25. The molecule has 0 bridgehead atoms. The van der Waals surface area contributed by atoms with Crippen molar-refractivity contribution in [3.05, 3.63) is 99.6 Å². The van der Waals surface area contributed by atoms with Gasteiger partial charge in [-0.1, -0.05) is 12.1 Å². The van der Waals surface area contributed by atoms with Gasteiger partial charge in [0.05, 0.1) is 12.0 Å². The highest BCUT2D eigenvalue weighted by Gasteiger charge is 2.15. The van der Waals surface area contributed by atoms with Crippen molar-refractivity contribution in [3.63, 3.8) is 0 Å². The fourth-order valence-electron chi connectivity index (χ4n) is 2.77. The number of hydrogen-bond donors (Lipinski definition) is 0. The predicted octanol–water partition coefficient (Wildman–Crippen LogP) is 4.27. The lowest BCUT2D eigenvalue weighted by molar-refractivity contribution is -0.417. The molecule has 1 aliphatic rings. The average molecular weight is 348 g/mol. The minimum Gasteiger partial charge on any atom is -0.497 e. The summed E-state index contributed by atoms with van der Waals surface area (Å²) in [5.41, 5.74) is 3.92. The van der Waals surface area contributed by atoms with Crippen molar-refractivity contribution in [2.24, 2.45) is 0 Å². The maximum absolute atomic E-state index is 10.9. The first-order valence-electron chi connectivity index (χ1n) is 8.03. The lowest BCUT2D eigenvalue weighted by Gasteiger charge is -2.13. The normalized spacial score (nSPS) is 12.8. The zero-order chi connectivity index (χ0) is 18.5. The van der Waals surface area contributed by atoms with Crippen molar-refractivity contribution in [1.82, 2.24) is 0 Å². The first kappa shape index (κ1) is 17.4. The van der Waals surface area contributed by atoms with Crippen LogP contribution in [0.15, 0.2) is 78.4 Å². The quantitative estimate of drug-likeness (QED) is 0.471. The number of ether oxygens (including phenoxy) is 1. The monoisotopic (exact) mass is 348 g/mol. The van der Waals surface area contributed by atoms with Crippen molar-refractivity contribution in [1.29, 1.82) is 0 Å². The van der Waals surface area contributed by atoms with Crippen LogP contribution in [0.5, 0.6) is 5.75 Å². The summed E-state index contributed by atoms with van der Waals surface area (Å²) in [6.45, 7) is 0. The average Bonchev–Trinajstić information content (AvgIpc) is 2.69. The molecule has 0 unspecified atom stereocenters. The van der Waals surface area contributed by atoms with Gasteiger partial charge in [0.25, 0.3) is 12.8 Å². The number of benzene rings is 2. The van der Waals surface area contributed by atoms with Gasteiger partial charge in [0, 0.05) is 24.3 Å². The molecule has 0 heterocycles. The van der Waals surface area contributed by atoms with Gasteiger partial charge in [-0.2, -0.15) is 0 Å². The third-order valence-corrected chi connectivity index (χ3v) is 4.12. The molecule has 130 valence electrons. The molecule has 0 fully saturated rings. The Morgan fingerprint density at radius 1 is 0.923 bits per heavy atom. The number of nitrogens with zero attached hydrogens (tertiary/aromatic N) is 1. The Balaban J connectivity index is 2.13. The first-order chi connectivity index (χ1) is 12.6. The van der Waals surface area contributed by atoms with Crippen LogP contribution < -0.4 is 4.74 Å². The van der Waals surface area contributed by atoms with Crippen LogP contribution in [0.1, 0.15) is 11.1 Å². The van der Waals surface area contributed by atoms with Gasteiger partial charge in [0.1, 0.15) is 5.75 Å². The summed E-state index contributed by atoms with van der Waals surface area (Å²) < 4.78 is 10.5. The van der Waals surface area contributed by atoms with Gasteiger partial charge in [-0.25, -0.2) is 0 Å². The highest BCUT2D eigenvalue weighted by Crippen LogP contribution is 2.31. The predicted molar refractivity (Wildman–Crippen MR) is 101 cm³/mol. The Morgan fingerprint density at radius 3 is 1.92 bits per heavy atom. The molecular formula is C21H18NO4+. The molecule has 0 saturated carbocycles. The second kappa shape index (κ2) is 7.61. The molecule has 1 aliphatic carbocycles. The van der Waals surface area contributed by atoms with Crippen LogP contribution in [-0.4, -0.2) is 24.9 Å². The molecule has 5 nitrogen and oxygen atoms in total. The minimum atomic E-state index is -0.399. The molecule has 0 aliphatic heterocycles. The molecule has 2 aromatic rings. The van der Waals surface area contributed by atoms with E-state index in [2.05, 4.69) is 0 Å². The van der Waals surface area contributed by atoms with Crippen molar-refractivity contribution in [2.45, 2.75) is 0 Å². The zero-order valence-corrected chi connectivity index (χ0v) is 14.5. The van der Waals surface area contributed by atoms with Crippen LogP contribution in [0.2, 0.25) is 0 Å². The Kier molecular flexibility index (Phi) is 5.08. The Bertz CT molecular complexity index is 915. The third kappa shape index (κ3) is 3.62. The summed E-state index contributed by atoms with van der Waals surface area (Å²) in [5.74, 6) is 1.54. The van der Waals surface area contributed by atoms with E-state index in [4.69, 9.17) is 9.16 Å². The van der Waals surface area contributed by atoms with E-state index >= 15 is 0 Å². The van der Waals surface area contributed by atoms with E-state index in [0.29, 0.717) is 0 Å². The van der Waals surface area contributed by atoms with Crippen LogP contribution >= 0.6 is 0 Å². The first-order valence-corrected chi connectivity index (χ1v) is 8.03. The van der Waals surface area contributed by atoms with E-state index in [1.54, 1.807) is 26.4 Å². The summed E-state index contributed by atoms with van der Waals surface area (Å²) in [5, 5.41) is 10.9. The van der Waals surface area contributed by atoms with E-state index in [9.17, 15) is 10.1 Å². The van der Waals surface area contributed by atoms with Crippen molar-refractivity contribution < 1.29 is 14.1 Å². The number of methoxy groups -OCH3 is 1. The van der Waals surface area contributed by atoms with Crippen molar-refractivity contribution in [3.8, 4) is 5.75 Å².